The SMILES string of the molecule is [N-]=[N+]=CC(=O)OOC(=O)/C=C/c1ccccc1. The first-order valence-electron chi connectivity index (χ1n) is 4.55. The van der Waals surface area contributed by atoms with E-state index in [0.29, 0.717) is 6.21 Å². The number of hydrogen-bond acceptors (Lipinski definition) is 4. The van der Waals surface area contributed by atoms with E-state index in [2.05, 4.69) is 14.6 Å². The summed E-state index contributed by atoms with van der Waals surface area (Å²) in [4.78, 5) is 32.1. The molecular weight excluding hydrogens is 224 g/mol. The third-order valence-electron chi connectivity index (χ3n) is 1.58. The quantitative estimate of drug-likeness (QED) is 0.194. The van der Waals surface area contributed by atoms with Gasteiger partial charge in [0.15, 0.2) is 0 Å². The van der Waals surface area contributed by atoms with Crippen LogP contribution in [-0.4, -0.2) is 22.9 Å². The second-order valence-electron chi connectivity index (χ2n) is 2.79. The zero-order valence-electron chi connectivity index (χ0n) is 8.65. The van der Waals surface area contributed by atoms with Gasteiger partial charge in [-0.1, -0.05) is 30.3 Å². The molecule has 0 unspecified atom stereocenters. The van der Waals surface area contributed by atoms with E-state index in [4.69, 9.17) is 5.53 Å². The van der Waals surface area contributed by atoms with Crippen molar-refractivity contribution in [2.24, 2.45) is 0 Å². The fourth-order valence-electron chi connectivity index (χ4n) is 0.907. The summed E-state index contributed by atoms with van der Waals surface area (Å²) in [5.41, 5.74) is 8.77. The van der Waals surface area contributed by atoms with Crippen molar-refractivity contribution in [1.82, 2.24) is 0 Å². The molecule has 0 saturated heterocycles. The van der Waals surface area contributed by atoms with Gasteiger partial charge >= 0.3 is 18.2 Å². The van der Waals surface area contributed by atoms with Crippen LogP contribution in [0.25, 0.3) is 11.6 Å². The summed E-state index contributed by atoms with van der Waals surface area (Å²) in [5, 5.41) is 0. The minimum atomic E-state index is -1.09. The lowest BCUT2D eigenvalue weighted by Crippen LogP contribution is -2.10. The molecule has 0 aliphatic heterocycles. The first kappa shape index (κ1) is 12.4. The number of carbonyl (C=O) groups is 2. The number of benzene rings is 1. The van der Waals surface area contributed by atoms with Gasteiger partial charge in [0.25, 0.3) is 0 Å². The topological polar surface area (TPSA) is 89.0 Å². The molecular formula is C11H8N2O4. The average Bonchev–Trinajstić information content (AvgIpc) is 2.35. The number of hydrogen-bond donors (Lipinski definition) is 0. The van der Waals surface area contributed by atoms with Gasteiger partial charge in [0.1, 0.15) is 0 Å². The van der Waals surface area contributed by atoms with Crippen LogP contribution < -0.4 is 0 Å². The number of rotatable bonds is 3. The van der Waals surface area contributed by atoms with Gasteiger partial charge in [-0.2, -0.15) is 4.79 Å². The first-order valence-corrected chi connectivity index (χ1v) is 4.55. The van der Waals surface area contributed by atoms with E-state index in [9.17, 15) is 9.59 Å². The maximum absolute atomic E-state index is 11.0. The second-order valence-corrected chi connectivity index (χ2v) is 2.79. The Bertz CT molecular complexity index is 476. The Labute approximate surface area is 96.6 Å². The maximum Gasteiger partial charge on any atom is 0.459 e. The molecule has 0 fully saturated rings. The van der Waals surface area contributed by atoms with Crippen molar-refractivity contribution in [3.8, 4) is 0 Å². The zero-order valence-corrected chi connectivity index (χ0v) is 8.65. The third-order valence-corrected chi connectivity index (χ3v) is 1.58. The van der Waals surface area contributed by atoms with Crippen LogP contribution in [0, 0.1) is 0 Å². The summed E-state index contributed by atoms with van der Waals surface area (Å²) in [5.74, 6) is -1.94. The molecule has 0 heterocycles. The molecule has 0 amide bonds. The van der Waals surface area contributed by atoms with E-state index < -0.39 is 11.9 Å². The summed E-state index contributed by atoms with van der Waals surface area (Å²) < 4.78 is 0. The molecule has 0 atom stereocenters. The van der Waals surface area contributed by atoms with Crippen LogP contribution in [0.15, 0.2) is 36.4 Å². The molecule has 0 spiro atoms. The Balaban J connectivity index is 2.42. The molecule has 0 aliphatic carbocycles. The monoisotopic (exact) mass is 232 g/mol. The largest absolute Gasteiger partial charge is 0.459 e. The Morgan fingerprint density at radius 2 is 1.76 bits per heavy atom. The molecule has 1 aromatic carbocycles. The predicted octanol–water partition coefficient (Wildman–Crippen LogP) is 1.00. The zero-order chi connectivity index (χ0) is 12.5. The van der Waals surface area contributed by atoms with E-state index in [-0.39, 0.29) is 0 Å². The highest BCUT2D eigenvalue weighted by molar-refractivity contribution is 6.20. The third kappa shape index (κ3) is 5.06. The smallest absolute Gasteiger partial charge is 0.361 e. The fourth-order valence-corrected chi connectivity index (χ4v) is 0.907. The van der Waals surface area contributed by atoms with Gasteiger partial charge in [-0.3, -0.25) is 0 Å². The van der Waals surface area contributed by atoms with Crippen molar-refractivity contribution in [1.29, 1.82) is 0 Å². The highest BCUT2D eigenvalue weighted by atomic mass is 17.2. The van der Waals surface area contributed by atoms with E-state index in [0.717, 1.165) is 11.6 Å². The van der Waals surface area contributed by atoms with Crippen molar-refractivity contribution in [2.75, 3.05) is 0 Å². The standard InChI is InChI=1S/C11H8N2O4/c12-13-8-11(15)17-16-10(14)7-6-9-4-2-1-3-5-9/h1-8H/b7-6+. The minimum absolute atomic E-state index is 0.453. The molecule has 0 aliphatic rings. The minimum Gasteiger partial charge on any atom is -0.361 e. The van der Waals surface area contributed by atoms with Crippen molar-refractivity contribution >= 4 is 24.2 Å². The average molecular weight is 232 g/mol. The van der Waals surface area contributed by atoms with Gasteiger partial charge in [0, 0.05) is 6.08 Å². The van der Waals surface area contributed by atoms with Crippen molar-refractivity contribution < 1.29 is 24.2 Å². The molecule has 0 radical (unpaired) electrons. The summed E-state index contributed by atoms with van der Waals surface area (Å²) in [6.45, 7) is 0. The summed E-state index contributed by atoms with van der Waals surface area (Å²) in [7, 11) is 0. The number of nitrogens with zero attached hydrogens (tertiary/aromatic N) is 2. The van der Waals surface area contributed by atoms with Gasteiger partial charge in [-0.05, 0) is 11.6 Å². The highest BCUT2D eigenvalue weighted by Gasteiger charge is 2.07. The normalized spacial score (nSPS) is 9.41. The highest BCUT2D eigenvalue weighted by Crippen LogP contribution is 2.01. The van der Waals surface area contributed by atoms with Crippen LogP contribution >= 0.6 is 0 Å². The predicted molar refractivity (Wildman–Crippen MR) is 57.3 cm³/mol. The van der Waals surface area contributed by atoms with E-state index in [1.54, 1.807) is 12.1 Å². The van der Waals surface area contributed by atoms with Crippen molar-refractivity contribution in [3.63, 3.8) is 0 Å². The van der Waals surface area contributed by atoms with Crippen LogP contribution in [0.1, 0.15) is 5.56 Å². The van der Waals surface area contributed by atoms with Crippen LogP contribution in [0.2, 0.25) is 0 Å². The molecule has 0 aromatic heterocycles. The lowest BCUT2D eigenvalue weighted by molar-refractivity contribution is -0.249. The molecule has 1 aromatic rings. The van der Waals surface area contributed by atoms with Crippen LogP contribution in [0.5, 0.6) is 0 Å². The Hall–Kier alpha value is -2.72. The molecule has 1 rings (SSSR count). The summed E-state index contributed by atoms with van der Waals surface area (Å²) in [6.07, 6.45) is 3.04. The first-order chi connectivity index (χ1) is 8.22. The Morgan fingerprint density at radius 1 is 1.12 bits per heavy atom. The fraction of sp³-hybridized carbons (Fsp3) is 0. The lowest BCUT2D eigenvalue weighted by atomic mass is 10.2. The van der Waals surface area contributed by atoms with E-state index >= 15 is 0 Å². The summed E-state index contributed by atoms with van der Waals surface area (Å²) >= 11 is 0. The molecule has 86 valence electrons. The number of carbonyl (C=O) groups excluding carboxylic acids is 2. The summed E-state index contributed by atoms with van der Waals surface area (Å²) in [6, 6.07) is 9.03. The molecule has 17 heavy (non-hydrogen) atoms. The molecule has 0 N–H and O–H groups in total. The molecule has 0 bridgehead atoms. The van der Waals surface area contributed by atoms with E-state index in [1.807, 2.05) is 18.2 Å². The van der Waals surface area contributed by atoms with Gasteiger partial charge in [0.2, 0.25) is 0 Å². The van der Waals surface area contributed by atoms with Crippen molar-refractivity contribution in [2.45, 2.75) is 0 Å². The van der Waals surface area contributed by atoms with Crippen molar-refractivity contribution in [3.05, 3.63) is 47.5 Å². The van der Waals surface area contributed by atoms with E-state index in [1.165, 1.54) is 6.08 Å². The van der Waals surface area contributed by atoms with Gasteiger partial charge in [0.05, 0.1) is 0 Å². The molecule has 6 heteroatoms. The van der Waals surface area contributed by atoms with Gasteiger partial charge in [-0.15, -0.1) is 0 Å². The van der Waals surface area contributed by atoms with Gasteiger partial charge < -0.3 is 5.53 Å². The molecule has 6 nitrogen and oxygen atoms in total. The maximum atomic E-state index is 11.0. The van der Waals surface area contributed by atoms with Crippen LogP contribution in [0.3, 0.4) is 0 Å². The molecule has 0 saturated carbocycles. The lowest BCUT2D eigenvalue weighted by Gasteiger charge is -1.94. The van der Waals surface area contributed by atoms with Crippen LogP contribution in [0.4, 0.5) is 0 Å². The Morgan fingerprint density at radius 3 is 2.41 bits per heavy atom. The van der Waals surface area contributed by atoms with Crippen LogP contribution in [-0.2, 0) is 19.4 Å². The second kappa shape index (κ2) is 6.71. The van der Waals surface area contributed by atoms with Gasteiger partial charge in [-0.25, -0.2) is 19.4 Å². The Kier molecular flexibility index (Phi) is 4.87.